The Morgan fingerprint density at radius 2 is 1.64 bits per heavy atom. The van der Waals surface area contributed by atoms with Gasteiger partial charge in [-0.3, -0.25) is 4.79 Å². The first-order valence-electron chi connectivity index (χ1n) is 10.5. The maximum Gasteiger partial charge on any atom is 0.255 e. The lowest BCUT2D eigenvalue weighted by atomic mass is 10.1. The van der Waals surface area contributed by atoms with E-state index in [0.717, 1.165) is 20.8 Å². The Labute approximate surface area is 195 Å². The quantitative estimate of drug-likeness (QED) is 0.463. The van der Waals surface area contributed by atoms with E-state index in [0.29, 0.717) is 37.6 Å². The molecule has 0 atom stereocenters. The Balaban J connectivity index is 1.37. The van der Waals surface area contributed by atoms with E-state index in [1.165, 1.54) is 28.6 Å². The summed E-state index contributed by atoms with van der Waals surface area (Å²) in [5, 5.41) is 3.76. The van der Waals surface area contributed by atoms with Crippen molar-refractivity contribution in [2.45, 2.75) is 4.90 Å². The number of carbonyl (C=O) groups is 1. The third-order valence-corrected chi connectivity index (χ3v) is 8.41. The van der Waals surface area contributed by atoms with Crippen LogP contribution in [0.4, 0.5) is 5.69 Å². The second kappa shape index (κ2) is 9.03. The van der Waals surface area contributed by atoms with Crippen molar-refractivity contribution in [1.82, 2.24) is 9.29 Å². The van der Waals surface area contributed by atoms with Crippen LogP contribution in [0.25, 0.3) is 20.8 Å². The average Bonchev–Trinajstić information content (AvgIpc) is 3.29. The van der Waals surface area contributed by atoms with Gasteiger partial charge in [-0.15, -0.1) is 11.3 Å². The Kier molecular flexibility index (Phi) is 5.94. The van der Waals surface area contributed by atoms with E-state index >= 15 is 0 Å². The second-order valence-electron chi connectivity index (χ2n) is 7.53. The SMILES string of the molecule is O=C(Nc1ccccc1-c1nc2ccccc2s1)c1ccc(S(=O)(=O)N2CCOCC2)cc1. The molecule has 7 nitrogen and oxygen atoms in total. The molecule has 2 heterocycles. The minimum Gasteiger partial charge on any atom is -0.379 e. The van der Waals surface area contributed by atoms with E-state index in [1.807, 2.05) is 48.5 Å². The number of benzene rings is 3. The maximum absolute atomic E-state index is 12.9. The molecule has 5 rings (SSSR count). The molecule has 1 aliphatic rings. The molecule has 1 fully saturated rings. The number of hydrogen-bond donors (Lipinski definition) is 1. The fourth-order valence-corrected chi connectivity index (χ4v) is 6.09. The number of hydrogen-bond acceptors (Lipinski definition) is 6. The van der Waals surface area contributed by atoms with Crippen LogP contribution in [0, 0.1) is 0 Å². The van der Waals surface area contributed by atoms with Gasteiger partial charge in [0.2, 0.25) is 10.0 Å². The minimum atomic E-state index is -3.60. The second-order valence-corrected chi connectivity index (χ2v) is 10.5. The summed E-state index contributed by atoms with van der Waals surface area (Å²) < 4.78 is 33.3. The van der Waals surface area contributed by atoms with Crippen LogP contribution < -0.4 is 5.32 Å². The molecule has 33 heavy (non-hydrogen) atoms. The molecule has 4 aromatic rings. The summed E-state index contributed by atoms with van der Waals surface area (Å²) in [7, 11) is -3.60. The number of rotatable bonds is 5. The van der Waals surface area contributed by atoms with Gasteiger partial charge in [-0.05, 0) is 48.5 Å². The molecule has 0 unspecified atom stereocenters. The number of para-hydroxylation sites is 2. The van der Waals surface area contributed by atoms with Crippen LogP contribution in [0.2, 0.25) is 0 Å². The smallest absolute Gasteiger partial charge is 0.255 e. The van der Waals surface area contributed by atoms with Gasteiger partial charge in [0, 0.05) is 24.2 Å². The molecule has 0 radical (unpaired) electrons. The first-order valence-corrected chi connectivity index (χ1v) is 12.7. The monoisotopic (exact) mass is 479 g/mol. The number of morpholine rings is 1. The average molecular weight is 480 g/mol. The number of fused-ring (bicyclic) bond motifs is 1. The number of sulfonamides is 1. The first kappa shape index (κ1) is 21.7. The number of aromatic nitrogens is 1. The van der Waals surface area contributed by atoms with Gasteiger partial charge in [0.15, 0.2) is 0 Å². The molecule has 0 saturated carbocycles. The number of amides is 1. The molecule has 0 aliphatic carbocycles. The fourth-order valence-electron chi connectivity index (χ4n) is 3.67. The van der Waals surface area contributed by atoms with Crippen LogP contribution in [0.5, 0.6) is 0 Å². The Hall–Kier alpha value is -3.11. The third-order valence-electron chi connectivity index (χ3n) is 5.42. The lowest BCUT2D eigenvalue weighted by molar-refractivity contribution is 0.0730. The molecule has 0 spiro atoms. The van der Waals surface area contributed by atoms with E-state index in [9.17, 15) is 13.2 Å². The lowest BCUT2D eigenvalue weighted by Crippen LogP contribution is -2.40. The van der Waals surface area contributed by atoms with Crippen molar-refractivity contribution >= 4 is 43.2 Å². The van der Waals surface area contributed by atoms with E-state index < -0.39 is 10.0 Å². The first-order chi connectivity index (χ1) is 16.0. The van der Waals surface area contributed by atoms with Crippen LogP contribution in [-0.4, -0.2) is 49.9 Å². The van der Waals surface area contributed by atoms with Gasteiger partial charge >= 0.3 is 0 Å². The Bertz CT molecular complexity index is 1380. The largest absolute Gasteiger partial charge is 0.379 e. The Morgan fingerprint density at radius 3 is 2.39 bits per heavy atom. The summed E-state index contributed by atoms with van der Waals surface area (Å²) in [6.07, 6.45) is 0. The summed E-state index contributed by atoms with van der Waals surface area (Å²) in [5.74, 6) is -0.320. The van der Waals surface area contributed by atoms with Gasteiger partial charge in [0.05, 0.1) is 34.0 Å². The Morgan fingerprint density at radius 1 is 0.939 bits per heavy atom. The number of carbonyl (C=O) groups excluding carboxylic acids is 1. The van der Waals surface area contributed by atoms with Crippen LogP contribution in [0.1, 0.15) is 10.4 Å². The summed E-state index contributed by atoms with van der Waals surface area (Å²) in [6.45, 7) is 1.42. The summed E-state index contributed by atoms with van der Waals surface area (Å²) >= 11 is 1.56. The van der Waals surface area contributed by atoms with Crippen LogP contribution in [0.15, 0.2) is 77.7 Å². The summed E-state index contributed by atoms with van der Waals surface area (Å²) in [6, 6.07) is 21.4. The molecule has 9 heteroatoms. The number of thiazole rings is 1. The third kappa shape index (κ3) is 4.40. The number of nitrogens with one attached hydrogen (secondary N) is 1. The summed E-state index contributed by atoms with van der Waals surface area (Å²) in [5.41, 5.74) is 2.76. The van der Waals surface area contributed by atoms with Crippen molar-refractivity contribution in [2.24, 2.45) is 0 Å². The van der Waals surface area contributed by atoms with Gasteiger partial charge in [-0.25, -0.2) is 13.4 Å². The van der Waals surface area contributed by atoms with Crippen LogP contribution in [0.3, 0.4) is 0 Å². The zero-order valence-corrected chi connectivity index (χ0v) is 19.2. The van der Waals surface area contributed by atoms with Crippen molar-refractivity contribution in [1.29, 1.82) is 0 Å². The topological polar surface area (TPSA) is 88.6 Å². The number of anilines is 1. The standard InChI is InChI=1S/C24H21N3O4S2/c28-23(17-9-11-18(12-10-17)33(29,30)27-13-15-31-16-14-27)25-20-6-2-1-5-19(20)24-26-21-7-3-4-8-22(21)32-24/h1-12H,13-16H2,(H,25,28). The van der Waals surface area contributed by atoms with Crippen LogP contribution in [-0.2, 0) is 14.8 Å². The molecule has 1 amide bonds. The molecule has 1 saturated heterocycles. The highest BCUT2D eigenvalue weighted by molar-refractivity contribution is 7.89. The van der Waals surface area contributed by atoms with Gasteiger partial charge < -0.3 is 10.1 Å². The van der Waals surface area contributed by atoms with Gasteiger partial charge in [0.1, 0.15) is 5.01 Å². The predicted octanol–water partition coefficient (Wildman–Crippen LogP) is 4.24. The molecule has 1 aromatic heterocycles. The predicted molar refractivity (Wildman–Crippen MR) is 129 cm³/mol. The van der Waals surface area contributed by atoms with E-state index in [-0.39, 0.29) is 10.8 Å². The molecule has 168 valence electrons. The molecule has 3 aromatic carbocycles. The van der Waals surface area contributed by atoms with E-state index in [4.69, 9.17) is 9.72 Å². The van der Waals surface area contributed by atoms with E-state index in [1.54, 1.807) is 11.3 Å². The van der Waals surface area contributed by atoms with Crippen molar-refractivity contribution in [2.75, 3.05) is 31.6 Å². The highest BCUT2D eigenvalue weighted by Gasteiger charge is 2.26. The van der Waals surface area contributed by atoms with Gasteiger partial charge in [-0.1, -0.05) is 24.3 Å². The zero-order valence-electron chi connectivity index (χ0n) is 17.6. The van der Waals surface area contributed by atoms with Crippen molar-refractivity contribution in [3.63, 3.8) is 0 Å². The lowest BCUT2D eigenvalue weighted by Gasteiger charge is -2.26. The highest BCUT2D eigenvalue weighted by Crippen LogP contribution is 2.34. The normalized spacial score (nSPS) is 14.9. The van der Waals surface area contributed by atoms with Crippen molar-refractivity contribution in [3.8, 4) is 10.6 Å². The number of ether oxygens (including phenoxy) is 1. The van der Waals surface area contributed by atoms with Crippen LogP contribution >= 0.6 is 11.3 Å². The number of nitrogens with zero attached hydrogens (tertiary/aromatic N) is 2. The minimum absolute atomic E-state index is 0.163. The van der Waals surface area contributed by atoms with Gasteiger partial charge in [-0.2, -0.15) is 4.31 Å². The highest BCUT2D eigenvalue weighted by atomic mass is 32.2. The van der Waals surface area contributed by atoms with E-state index in [2.05, 4.69) is 5.32 Å². The van der Waals surface area contributed by atoms with Gasteiger partial charge in [0.25, 0.3) is 5.91 Å². The molecule has 1 N–H and O–H groups in total. The zero-order chi connectivity index (χ0) is 22.8. The summed E-state index contributed by atoms with van der Waals surface area (Å²) in [4.78, 5) is 17.8. The fraction of sp³-hybridized carbons (Fsp3) is 0.167. The maximum atomic E-state index is 12.9. The van der Waals surface area contributed by atoms with Crippen molar-refractivity contribution < 1.29 is 17.9 Å². The molecular weight excluding hydrogens is 458 g/mol. The van der Waals surface area contributed by atoms with Crippen molar-refractivity contribution in [3.05, 3.63) is 78.4 Å². The molecule has 0 bridgehead atoms. The molecular formula is C24H21N3O4S2. The molecule has 1 aliphatic heterocycles.